The number of rotatable bonds is 5. The number of hydrogen-bond donors (Lipinski definition) is 2. The summed E-state index contributed by atoms with van der Waals surface area (Å²) in [6.45, 7) is 1.53. The standard InChI is InChI=1S/C25H29N3O2.C2HF3O2/c26-25(30)22-9-8-21(16-23(22)20-6-2-1-3-7-20)19-10-13-28(14-11-19)24(29)15-18-5-4-12-27-17-18;3-2(4,5)1(6)7/h4-6,8-9,12,16-17,19H,1-3,7,10-11,13-15H2,(H2,26,30);(H,6,7). The first kappa shape index (κ1) is 27.9. The van der Waals surface area contributed by atoms with Crippen LogP contribution in [0.15, 0.2) is 48.8 Å². The van der Waals surface area contributed by atoms with E-state index >= 15 is 0 Å². The fourth-order valence-corrected chi connectivity index (χ4v) is 4.63. The van der Waals surface area contributed by atoms with Gasteiger partial charge in [-0.3, -0.25) is 14.6 Å². The van der Waals surface area contributed by atoms with E-state index in [1.165, 1.54) is 17.6 Å². The van der Waals surface area contributed by atoms with Crippen LogP contribution in [-0.4, -0.2) is 52.0 Å². The van der Waals surface area contributed by atoms with E-state index in [4.69, 9.17) is 15.6 Å². The number of carbonyl (C=O) groups excluding carboxylic acids is 2. The Balaban J connectivity index is 0.000000479. The van der Waals surface area contributed by atoms with Gasteiger partial charge >= 0.3 is 12.1 Å². The maximum atomic E-state index is 12.6. The van der Waals surface area contributed by atoms with E-state index in [-0.39, 0.29) is 11.8 Å². The van der Waals surface area contributed by atoms with Gasteiger partial charge in [0.2, 0.25) is 11.8 Å². The first-order chi connectivity index (χ1) is 17.6. The Bertz CT molecular complexity index is 1140. The van der Waals surface area contributed by atoms with Crippen molar-refractivity contribution in [3.05, 3.63) is 71.1 Å². The van der Waals surface area contributed by atoms with Crippen molar-refractivity contribution in [1.82, 2.24) is 9.88 Å². The molecule has 1 aromatic carbocycles. The Morgan fingerprint density at radius 1 is 1.11 bits per heavy atom. The second-order valence-electron chi connectivity index (χ2n) is 9.14. The number of primary amides is 1. The van der Waals surface area contributed by atoms with Crippen LogP contribution in [0, 0.1) is 0 Å². The third-order valence-corrected chi connectivity index (χ3v) is 6.59. The number of nitrogens with zero attached hydrogens (tertiary/aromatic N) is 2. The number of piperidine rings is 1. The molecule has 1 aliphatic carbocycles. The minimum Gasteiger partial charge on any atom is -0.475 e. The number of benzene rings is 1. The number of halogens is 3. The van der Waals surface area contributed by atoms with Crippen molar-refractivity contribution in [1.29, 1.82) is 0 Å². The summed E-state index contributed by atoms with van der Waals surface area (Å²) in [7, 11) is 0. The molecule has 2 aliphatic rings. The monoisotopic (exact) mass is 517 g/mol. The molecule has 2 amide bonds. The van der Waals surface area contributed by atoms with Crippen LogP contribution in [0.5, 0.6) is 0 Å². The molecule has 0 atom stereocenters. The Hall–Kier alpha value is -3.69. The largest absolute Gasteiger partial charge is 0.490 e. The van der Waals surface area contributed by atoms with Crippen LogP contribution in [0.3, 0.4) is 0 Å². The highest BCUT2D eigenvalue weighted by Crippen LogP contribution is 2.34. The van der Waals surface area contributed by atoms with Crippen molar-refractivity contribution in [3.63, 3.8) is 0 Å². The Kier molecular flexibility index (Phi) is 9.43. The van der Waals surface area contributed by atoms with Crippen molar-refractivity contribution in [2.75, 3.05) is 13.1 Å². The van der Waals surface area contributed by atoms with Crippen LogP contribution in [-0.2, 0) is 16.0 Å². The van der Waals surface area contributed by atoms with Crippen molar-refractivity contribution in [3.8, 4) is 0 Å². The van der Waals surface area contributed by atoms with Crippen LogP contribution >= 0.6 is 0 Å². The van der Waals surface area contributed by atoms with Gasteiger partial charge in [-0.15, -0.1) is 0 Å². The van der Waals surface area contributed by atoms with Gasteiger partial charge in [-0.1, -0.05) is 24.3 Å². The fourth-order valence-electron chi connectivity index (χ4n) is 4.63. The number of amides is 2. The molecule has 3 N–H and O–H groups in total. The molecule has 0 bridgehead atoms. The Labute approximate surface area is 213 Å². The molecular weight excluding hydrogens is 487 g/mol. The number of nitrogens with two attached hydrogens (primary N) is 1. The lowest BCUT2D eigenvalue weighted by atomic mass is 9.84. The molecule has 1 aliphatic heterocycles. The highest BCUT2D eigenvalue weighted by Gasteiger charge is 2.38. The highest BCUT2D eigenvalue weighted by molar-refractivity contribution is 5.98. The van der Waals surface area contributed by atoms with Gasteiger partial charge in [-0.05, 0) is 78.8 Å². The van der Waals surface area contributed by atoms with Gasteiger partial charge in [0.15, 0.2) is 0 Å². The third-order valence-electron chi connectivity index (χ3n) is 6.59. The Morgan fingerprint density at radius 2 is 1.81 bits per heavy atom. The molecule has 1 aromatic heterocycles. The van der Waals surface area contributed by atoms with Gasteiger partial charge in [-0.2, -0.15) is 13.2 Å². The zero-order chi connectivity index (χ0) is 27.0. The summed E-state index contributed by atoms with van der Waals surface area (Å²) in [5, 5.41) is 7.12. The summed E-state index contributed by atoms with van der Waals surface area (Å²) in [5.74, 6) is -2.55. The number of likely N-dealkylation sites (tertiary alicyclic amines) is 1. The summed E-state index contributed by atoms with van der Waals surface area (Å²) in [6, 6.07) is 9.92. The number of carboxylic acid groups (broad SMARTS) is 1. The average molecular weight is 518 g/mol. The molecule has 1 saturated heterocycles. The number of carbonyl (C=O) groups is 3. The number of aromatic nitrogens is 1. The van der Waals surface area contributed by atoms with Crippen LogP contribution in [0.2, 0.25) is 0 Å². The minimum atomic E-state index is -5.08. The summed E-state index contributed by atoms with van der Waals surface area (Å²) >= 11 is 0. The number of pyridine rings is 1. The van der Waals surface area contributed by atoms with Crippen LogP contribution in [0.25, 0.3) is 5.57 Å². The highest BCUT2D eigenvalue weighted by atomic mass is 19.4. The molecule has 4 rings (SSSR count). The number of aliphatic carboxylic acids is 1. The number of hydrogen-bond acceptors (Lipinski definition) is 4. The summed E-state index contributed by atoms with van der Waals surface area (Å²) in [6.07, 6.45) is 7.37. The predicted molar refractivity (Wildman–Crippen MR) is 132 cm³/mol. The minimum absolute atomic E-state index is 0.165. The first-order valence-corrected chi connectivity index (χ1v) is 12.2. The van der Waals surface area contributed by atoms with E-state index in [1.54, 1.807) is 12.4 Å². The summed E-state index contributed by atoms with van der Waals surface area (Å²) < 4.78 is 31.7. The SMILES string of the molecule is NC(=O)c1ccc(C2CCN(C(=O)Cc3cccnc3)CC2)cc1C1=CCCCC1.O=C(O)C(F)(F)F. The molecular formula is C27H30F3N3O4. The lowest BCUT2D eigenvalue weighted by Gasteiger charge is -2.32. The van der Waals surface area contributed by atoms with Gasteiger partial charge in [0, 0.05) is 31.0 Å². The van der Waals surface area contributed by atoms with Gasteiger partial charge in [0.05, 0.1) is 6.42 Å². The van der Waals surface area contributed by atoms with Crippen molar-refractivity contribution < 1.29 is 32.7 Å². The molecule has 1 fully saturated rings. The van der Waals surface area contributed by atoms with E-state index in [1.807, 2.05) is 29.2 Å². The second kappa shape index (κ2) is 12.5. The molecule has 0 radical (unpaired) electrons. The molecule has 0 unspecified atom stereocenters. The first-order valence-electron chi connectivity index (χ1n) is 12.2. The zero-order valence-electron chi connectivity index (χ0n) is 20.3. The molecule has 7 nitrogen and oxygen atoms in total. The van der Waals surface area contributed by atoms with Crippen LogP contribution in [0.1, 0.15) is 71.5 Å². The zero-order valence-corrected chi connectivity index (χ0v) is 20.3. The quantitative estimate of drug-likeness (QED) is 0.596. The van der Waals surface area contributed by atoms with Gasteiger partial charge in [0.25, 0.3) is 0 Å². The van der Waals surface area contributed by atoms with Crippen LogP contribution in [0.4, 0.5) is 13.2 Å². The van der Waals surface area contributed by atoms with Crippen molar-refractivity contribution in [2.24, 2.45) is 5.73 Å². The van der Waals surface area contributed by atoms with Gasteiger partial charge in [-0.25, -0.2) is 4.79 Å². The smallest absolute Gasteiger partial charge is 0.475 e. The lowest BCUT2D eigenvalue weighted by molar-refractivity contribution is -0.192. The molecule has 0 saturated carbocycles. The molecule has 2 heterocycles. The maximum absolute atomic E-state index is 12.6. The second-order valence-corrected chi connectivity index (χ2v) is 9.14. The van der Waals surface area contributed by atoms with E-state index in [0.717, 1.165) is 56.3 Å². The molecule has 37 heavy (non-hydrogen) atoms. The van der Waals surface area contributed by atoms with E-state index < -0.39 is 12.1 Å². The Morgan fingerprint density at radius 3 is 2.35 bits per heavy atom. The van der Waals surface area contributed by atoms with Crippen LogP contribution < -0.4 is 5.73 Å². The molecule has 0 spiro atoms. The van der Waals surface area contributed by atoms with E-state index in [9.17, 15) is 22.8 Å². The molecule has 198 valence electrons. The molecule has 2 aromatic rings. The van der Waals surface area contributed by atoms with E-state index in [0.29, 0.717) is 17.9 Å². The summed E-state index contributed by atoms with van der Waals surface area (Å²) in [4.78, 5) is 39.5. The normalized spacial score (nSPS) is 16.3. The number of allylic oxidation sites excluding steroid dienone is 2. The number of carboxylic acids is 1. The van der Waals surface area contributed by atoms with Gasteiger partial charge < -0.3 is 15.7 Å². The van der Waals surface area contributed by atoms with Crippen molar-refractivity contribution in [2.45, 2.75) is 57.0 Å². The fraction of sp³-hybridized carbons (Fsp3) is 0.407. The topological polar surface area (TPSA) is 114 Å². The maximum Gasteiger partial charge on any atom is 0.490 e. The molecule has 10 heteroatoms. The van der Waals surface area contributed by atoms with Gasteiger partial charge in [0.1, 0.15) is 0 Å². The summed E-state index contributed by atoms with van der Waals surface area (Å²) in [5.41, 5.74) is 10.7. The number of alkyl halides is 3. The lowest BCUT2D eigenvalue weighted by Crippen LogP contribution is -2.38. The van der Waals surface area contributed by atoms with E-state index in [2.05, 4.69) is 17.1 Å². The predicted octanol–water partition coefficient (Wildman–Crippen LogP) is 4.72. The third kappa shape index (κ3) is 7.90. The average Bonchev–Trinajstić information content (AvgIpc) is 2.89. The van der Waals surface area contributed by atoms with Crippen molar-refractivity contribution >= 4 is 23.4 Å².